The predicted octanol–water partition coefficient (Wildman–Crippen LogP) is 3.94. The molecular weight excluding hydrogens is 309 g/mol. The van der Waals surface area contributed by atoms with Gasteiger partial charge in [0.15, 0.2) is 5.13 Å². The average Bonchev–Trinajstić information content (AvgIpc) is 2.84. The third-order valence-electron chi connectivity index (χ3n) is 2.16. The summed E-state index contributed by atoms with van der Waals surface area (Å²) in [5.74, 6) is -1.48. The molecule has 2 rings (SSSR count). The van der Waals surface area contributed by atoms with Crippen LogP contribution in [0, 0.1) is 0 Å². The average molecular weight is 318 g/mol. The van der Waals surface area contributed by atoms with E-state index in [1.807, 2.05) is 30.3 Å². The van der Waals surface area contributed by atoms with Gasteiger partial charge in [-0.3, -0.25) is 10.1 Å². The molecule has 0 fully saturated rings. The fourth-order valence-electron chi connectivity index (χ4n) is 1.27. The van der Waals surface area contributed by atoms with Gasteiger partial charge in [0.25, 0.3) is 0 Å². The van der Waals surface area contributed by atoms with E-state index < -0.39 is 12.1 Å². The molecule has 0 saturated carbocycles. The maximum Gasteiger partial charge on any atom is 0.471 e. The summed E-state index contributed by atoms with van der Waals surface area (Å²) in [5.41, 5.74) is 0.626. The molecule has 1 N–H and O–H groups in total. The highest BCUT2D eigenvalue weighted by Crippen LogP contribution is 2.26. The molecule has 0 aliphatic carbocycles. The van der Waals surface area contributed by atoms with Gasteiger partial charge < -0.3 is 0 Å². The summed E-state index contributed by atoms with van der Waals surface area (Å²) in [4.78, 5) is 15.7. The number of amides is 1. The van der Waals surface area contributed by atoms with Crippen molar-refractivity contribution in [3.05, 3.63) is 41.4 Å². The molecule has 3 nitrogen and oxygen atoms in total. The molecule has 1 aromatic carbocycles. The van der Waals surface area contributed by atoms with Crippen LogP contribution in [0.4, 0.5) is 18.3 Å². The molecule has 0 aliphatic heterocycles. The van der Waals surface area contributed by atoms with Crippen LogP contribution in [0.3, 0.4) is 0 Å². The molecule has 0 spiro atoms. The lowest BCUT2D eigenvalue weighted by molar-refractivity contribution is -0.167. The zero-order valence-corrected chi connectivity index (χ0v) is 11.6. The molecule has 0 atom stereocenters. The molecular formula is C12H9F3N2OS2. The molecule has 1 heterocycles. The van der Waals surface area contributed by atoms with Gasteiger partial charge in [-0.25, -0.2) is 4.98 Å². The summed E-state index contributed by atoms with van der Waals surface area (Å²) in [5, 5.41) is 3.32. The minimum Gasteiger partial charge on any atom is -0.294 e. The number of carbonyl (C=O) groups is 1. The monoisotopic (exact) mass is 318 g/mol. The lowest BCUT2D eigenvalue weighted by Crippen LogP contribution is -2.29. The van der Waals surface area contributed by atoms with Crippen LogP contribution in [0.2, 0.25) is 0 Å². The minimum absolute atomic E-state index is 0.0454. The maximum atomic E-state index is 12.1. The first-order valence-corrected chi connectivity index (χ1v) is 7.32. The Kier molecular flexibility index (Phi) is 4.66. The van der Waals surface area contributed by atoms with Crippen molar-refractivity contribution >= 4 is 34.1 Å². The molecule has 20 heavy (non-hydrogen) atoms. The molecule has 8 heteroatoms. The Balaban J connectivity index is 1.91. The summed E-state index contributed by atoms with van der Waals surface area (Å²) < 4.78 is 36.2. The van der Waals surface area contributed by atoms with E-state index in [4.69, 9.17) is 0 Å². The largest absolute Gasteiger partial charge is 0.471 e. The Labute approximate surface area is 121 Å². The summed E-state index contributed by atoms with van der Waals surface area (Å²) in [6.45, 7) is 0. The van der Waals surface area contributed by atoms with Gasteiger partial charge in [0.1, 0.15) is 0 Å². The third-order valence-corrected chi connectivity index (χ3v) is 4.01. The van der Waals surface area contributed by atoms with E-state index in [0.717, 1.165) is 16.2 Å². The number of thiazole rings is 1. The van der Waals surface area contributed by atoms with Crippen molar-refractivity contribution in [3.63, 3.8) is 0 Å². The lowest BCUT2D eigenvalue weighted by Gasteiger charge is -2.04. The Morgan fingerprint density at radius 1 is 1.30 bits per heavy atom. The number of thioether (sulfide) groups is 1. The Morgan fingerprint density at radius 3 is 2.65 bits per heavy atom. The van der Waals surface area contributed by atoms with Crippen LogP contribution < -0.4 is 5.32 Å². The summed E-state index contributed by atoms with van der Waals surface area (Å²) in [7, 11) is 0. The van der Waals surface area contributed by atoms with E-state index in [1.54, 1.807) is 10.7 Å². The Hall–Kier alpha value is -1.54. The van der Waals surface area contributed by atoms with E-state index in [-0.39, 0.29) is 5.13 Å². The second kappa shape index (κ2) is 6.27. The quantitative estimate of drug-likeness (QED) is 0.868. The fraction of sp³-hybridized carbons (Fsp3) is 0.167. The Bertz CT molecular complexity index is 584. The first kappa shape index (κ1) is 14.9. The van der Waals surface area contributed by atoms with Gasteiger partial charge in [0.05, 0.1) is 5.69 Å². The molecule has 1 aromatic heterocycles. The molecule has 0 saturated heterocycles. The zero-order valence-electron chi connectivity index (χ0n) is 9.98. The number of hydrogen-bond donors (Lipinski definition) is 1. The number of hydrogen-bond acceptors (Lipinski definition) is 4. The normalized spacial score (nSPS) is 11.3. The van der Waals surface area contributed by atoms with E-state index in [0.29, 0.717) is 11.4 Å². The highest BCUT2D eigenvalue weighted by atomic mass is 32.2. The topological polar surface area (TPSA) is 42.0 Å². The molecule has 0 unspecified atom stereocenters. The van der Waals surface area contributed by atoms with Crippen LogP contribution >= 0.6 is 23.1 Å². The van der Waals surface area contributed by atoms with Crippen LogP contribution in [-0.2, 0) is 10.5 Å². The second-order valence-electron chi connectivity index (χ2n) is 3.70. The number of halogens is 3. The van der Waals surface area contributed by atoms with Crippen LogP contribution in [0.25, 0.3) is 0 Å². The number of aromatic nitrogens is 1. The van der Waals surface area contributed by atoms with E-state index in [9.17, 15) is 18.0 Å². The van der Waals surface area contributed by atoms with E-state index in [1.165, 1.54) is 11.8 Å². The highest BCUT2D eigenvalue weighted by molar-refractivity contribution is 7.98. The molecule has 0 bridgehead atoms. The number of nitrogens with one attached hydrogen (secondary N) is 1. The van der Waals surface area contributed by atoms with Gasteiger partial charge in [-0.2, -0.15) is 13.2 Å². The van der Waals surface area contributed by atoms with Gasteiger partial charge in [-0.15, -0.1) is 23.1 Å². The first-order valence-electron chi connectivity index (χ1n) is 5.45. The second-order valence-corrected chi connectivity index (χ2v) is 5.60. The maximum absolute atomic E-state index is 12.1. The van der Waals surface area contributed by atoms with Gasteiger partial charge in [-0.05, 0) is 12.1 Å². The van der Waals surface area contributed by atoms with Crippen LogP contribution in [0.5, 0.6) is 0 Å². The summed E-state index contributed by atoms with van der Waals surface area (Å²) >= 11 is 2.49. The third kappa shape index (κ3) is 4.24. The van der Waals surface area contributed by atoms with Crippen molar-refractivity contribution in [2.75, 3.05) is 5.32 Å². The lowest BCUT2D eigenvalue weighted by atomic mass is 10.4. The van der Waals surface area contributed by atoms with Gasteiger partial charge >= 0.3 is 12.1 Å². The van der Waals surface area contributed by atoms with Gasteiger partial charge in [-0.1, -0.05) is 18.2 Å². The van der Waals surface area contributed by atoms with Crippen molar-refractivity contribution in [2.24, 2.45) is 0 Å². The number of nitrogens with zero attached hydrogens (tertiary/aromatic N) is 1. The Morgan fingerprint density at radius 2 is 2.00 bits per heavy atom. The van der Waals surface area contributed by atoms with Crippen molar-refractivity contribution < 1.29 is 18.0 Å². The standard InChI is InChI=1S/C12H9F3N2OS2/c13-12(14,15)10(18)17-11-16-8(7-20-11)6-19-9-4-2-1-3-5-9/h1-5,7H,6H2,(H,16,17,18). The number of carbonyl (C=O) groups excluding carboxylic acids is 1. The predicted molar refractivity (Wildman–Crippen MR) is 72.8 cm³/mol. The first-order chi connectivity index (χ1) is 9.45. The smallest absolute Gasteiger partial charge is 0.294 e. The summed E-state index contributed by atoms with van der Waals surface area (Å²) in [6, 6.07) is 9.57. The fourth-order valence-corrected chi connectivity index (χ4v) is 2.90. The van der Waals surface area contributed by atoms with Crippen molar-refractivity contribution in [3.8, 4) is 0 Å². The zero-order chi connectivity index (χ0) is 14.6. The molecule has 2 aromatic rings. The molecule has 0 radical (unpaired) electrons. The number of rotatable bonds is 4. The SMILES string of the molecule is O=C(Nc1nc(CSc2ccccc2)cs1)C(F)(F)F. The molecule has 1 amide bonds. The molecule has 106 valence electrons. The number of alkyl halides is 3. The van der Waals surface area contributed by atoms with Crippen molar-refractivity contribution in [1.82, 2.24) is 4.98 Å². The van der Waals surface area contributed by atoms with Crippen molar-refractivity contribution in [2.45, 2.75) is 16.8 Å². The van der Waals surface area contributed by atoms with Crippen LogP contribution in [0.1, 0.15) is 5.69 Å². The summed E-state index contributed by atoms with van der Waals surface area (Å²) in [6.07, 6.45) is -4.90. The van der Waals surface area contributed by atoms with E-state index >= 15 is 0 Å². The van der Waals surface area contributed by atoms with Gasteiger partial charge in [0, 0.05) is 16.0 Å². The van der Waals surface area contributed by atoms with Crippen LogP contribution in [0.15, 0.2) is 40.6 Å². The van der Waals surface area contributed by atoms with Crippen molar-refractivity contribution in [1.29, 1.82) is 0 Å². The highest BCUT2D eigenvalue weighted by Gasteiger charge is 2.39. The number of anilines is 1. The molecule has 0 aliphatic rings. The minimum atomic E-state index is -4.90. The van der Waals surface area contributed by atoms with Crippen LogP contribution in [-0.4, -0.2) is 17.1 Å². The van der Waals surface area contributed by atoms with E-state index in [2.05, 4.69) is 4.98 Å². The number of benzene rings is 1. The van der Waals surface area contributed by atoms with Gasteiger partial charge in [0.2, 0.25) is 0 Å².